The first-order chi connectivity index (χ1) is 10.8. The summed E-state index contributed by atoms with van der Waals surface area (Å²) in [4.78, 5) is 26.3. The highest BCUT2D eigenvalue weighted by Crippen LogP contribution is 2.33. The Balaban J connectivity index is 1.67. The van der Waals surface area contributed by atoms with Crippen LogP contribution >= 0.6 is 0 Å². The van der Waals surface area contributed by atoms with Gasteiger partial charge in [-0.15, -0.1) is 0 Å². The molecule has 0 spiro atoms. The second kappa shape index (κ2) is 5.76. The lowest BCUT2D eigenvalue weighted by Crippen LogP contribution is -2.42. The van der Waals surface area contributed by atoms with Crippen molar-refractivity contribution >= 4 is 17.5 Å². The van der Waals surface area contributed by atoms with Crippen molar-refractivity contribution in [3.63, 3.8) is 0 Å². The summed E-state index contributed by atoms with van der Waals surface area (Å²) in [7, 11) is 0. The van der Waals surface area contributed by atoms with E-state index in [4.69, 9.17) is 9.47 Å². The van der Waals surface area contributed by atoms with Gasteiger partial charge in [-0.25, -0.2) is 0 Å². The monoisotopic (exact) mass is 318 g/mol. The lowest BCUT2D eigenvalue weighted by Gasteiger charge is -2.31. The molecule has 1 atom stereocenters. The predicted molar refractivity (Wildman–Crippen MR) is 85.6 cm³/mol. The number of nitrogens with one attached hydrogen (secondary N) is 1. The summed E-state index contributed by atoms with van der Waals surface area (Å²) in [5.41, 5.74) is 0.393. The number of nitrogens with zero attached hydrogens (tertiary/aromatic N) is 1. The average molecular weight is 318 g/mol. The first-order valence-corrected chi connectivity index (χ1v) is 7.85. The largest absolute Gasteiger partial charge is 0.486 e. The van der Waals surface area contributed by atoms with E-state index in [0.717, 1.165) is 0 Å². The van der Waals surface area contributed by atoms with E-state index in [1.807, 2.05) is 20.8 Å². The van der Waals surface area contributed by atoms with Crippen LogP contribution in [0.15, 0.2) is 18.2 Å². The number of fused-ring (bicyclic) bond motifs is 1. The first kappa shape index (κ1) is 15.6. The van der Waals surface area contributed by atoms with Crippen molar-refractivity contribution in [2.75, 3.05) is 25.1 Å². The molecule has 0 bridgehead atoms. The molecular weight excluding hydrogens is 296 g/mol. The van der Waals surface area contributed by atoms with Gasteiger partial charge in [0.2, 0.25) is 11.8 Å². The standard InChI is InChI=1S/C17H22N2O4/c1-17(2,3)19-10-11(8-15(19)20)16(21)18-12-4-5-13-14(9-12)23-7-6-22-13/h4-5,9,11H,6-8,10H2,1-3H3,(H,18,21)/t11-/m0/s1. The van der Waals surface area contributed by atoms with E-state index in [2.05, 4.69) is 5.32 Å². The Kier molecular flexibility index (Phi) is 3.92. The van der Waals surface area contributed by atoms with Crippen LogP contribution in [0.1, 0.15) is 27.2 Å². The fourth-order valence-electron chi connectivity index (χ4n) is 2.90. The molecular formula is C17H22N2O4. The lowest BCUT2D eigenvalue weighted by atomic mass is 10.1. The van der Waals surface area contributed by atoms with E-state index in [9.17, 15) is 9.59 Å². The zero-order valence-electron chi connectivity index (χ0n) is 13.7. The minimum atomic E-state index is -0.324. The Morgan fingerprint density at radius 2 is 1.91 bits per heavy atom. The van der Waals surface area contributed by atoms with Gasteiger partial charge < -0.3 is 19.7 Å². The first-order valence-electron chi connectivity index (χ1n) is 7.85. The van der Waals surface area contributed by atoms with Crippen molar-refractivity contribution in [3.05, 3.63) is 18.2 Å². The number of hydrogen-bond donors (Lipinski definition) is 1. The molecule has 1 saturated heterocycles. The van der Waals surface area contributed by atoms with Gasteiger partial charge in [0.1, 0.15) is 13.2 Å². The fourth-order valence-corrected chi connectivity index (χ4v) is 2.90. The lowest BCUT2D eigenvalue weighted by molar-refractivity contribution is -0.131. The summed E-state index contributed by atoms with van der Waals surface area (Å²) in [6.45, 7) is 7.43. The van der Waals surface area contributed by atoms with E-state index in [1.54, 1.807) is 23.1 Å². The van der Waals surface area contributed by atoms with Crippen molar-refractivity contribution in [1.82, 2.24) is 4.90 Å². The van der Waals surface area contributed by atoms with Gasteiger partial charge in [0, 0.05) is 30.3 Å². The van der Waals surface area contributed by atoms with Crippen LogP contribution < -0.4 is 14.8 Å². The van der Waals surface area contributed by atoms with Gasteiger partial charge >= 0.3 is 0 Å². The van der Waals surface area contributed by atoms with Gasteiger partial charge in [-0.2, -0.15) is 0 Å². The third-order valence-electron chi connectivity index (χ3n) is 4.12. The number of carbonyl (C=O) groups is 2. The van der Waals surface area contributed by atoms with Crippen LogP contribution in [0.4, 0.5) is 5.69 Å². The second-order valence-electron chi connectivity index (χ2n) is 6.92. The molecule has 6 heteroatoms. The van der Waals surface area contributed by atoms with Crippen LogP contribution in [0.3, 0.4) is 0 Å². The summed E-state index contributed by atoms with van der Waals surface area (Å²) in [6, 6.07) is 5.32. The van der Waals surface area contributed by atoms with E-state index in [-0.39, 0.29) is 29.7 Å². The maximum atomic E-state index is 12.4. The SMILES string of the molecule is CC(C)(C)N1C[C@@H](C(=O)Nc2ccc3c(c2)OCCO3)CC1=O. The highest BCUT2D eigenvalue weighted by molar-refractivity contribution is 5.97. The third kappa shape index (κ3) is 3.25. The molecule has 0 aromatic heterocycles. The summed E-state index contributed by atoms with van der Waals surface area (Å²) < 4.78 is 11.0. The van der Waals surface area contributed by atoms with Crippen molar-refractivity contribution in [2.45, 2.75) is 32.7 Å². The molecule has 0 radical (unpaired) electrons. The van der Waals surface area contributed by atoms with E-state index < -0.39 is 0 Å². The molecule has 2 aliphatic heterocycles. The number of rotatable bonds is 2. The zero-order valence-corrected chi connectivity index (χ0v) is 13.7. The van der Waals surface area contributed by atoms with Crippen LogP contribution in [-0.2, 0) is 9.59 Å². The maximum absolute atomic E-state index is 12.4. The molecule has 3 rings (SSSR count). The van der Waals surface area contributed by atoms with Crippen LogP contribution in [0.5, 0.6) is 11.5 Å². The highest BCUT2D eigenvalue weighted by Gasteiger charge is 2.39. The molecule has 1 N–H and O–H groups in total. The molecule has 124 valence electrons. The molecule has 1 aromatic rings. The second-order valence-corrected chi connectivity index (χ2v) is 6.92. The maximum Gasteiger partial charge on any atom is 0.229 e. The Bertz CT molecular complexity index is 636. The molecule has 1 aromatic carbocycles. The van der Waals surface area contributed by atoms with Crippen molar-refractivity contribution < 1.29 is 19.1 Å². The van der Waals surface area contributed by atoms with Crippen LogP contribution in [-0.4, -0.2) is 42.0 Å². The minimum Gasteiger partial charge on any atom is -0.486 e. The molecule has 0 aliphatic carbocycles. The van der Waals surface area contributed by atoms with Gasteiger partial charge in [-0.05, 0) is 32.9 Å². The van der Waals surface area contributed by atoms with Gasteiger partial charge in [0.05, 0.1) is 5.92 Å². The Hall–Kier alpha value is -2.24. The van der Waals surface area contributed by atoms with Gasteiger partial charge in [-0.3, -0.25) is 9.59 Å². The smallest absolute Gasteiger partial charge is 0.229 e. The highest BCUT2D eigenvalue weighted by atomic mass is 16.6. The predicted octanol–water partition coefficient (Wildman–Crippen LogP) is 2.04. The molecule has 2 heterocycles. The summed E-state index contributed by atoms with van der Waals surface area (Å²) in [5.74, 6) is 0.883. The minimum absolute atomic E-state index is 0.0276. The molecule has 2 amide bonds. The summed E-state index contributed by atoms with van der Waals surface area (Å²) in [6.07, 6.45) is 0.258. The number of hydrogen-bond acceptors (Lipinski definition) is 4. The molecule has 1 fully saturated rings. The molecule has 0 saturated carbocycles. The number of benzene rings is 1. The van der Waals surface area contributed by atoms with Crippen molar-refractivity contribution in [2.24, 2.45) is 5.92 Å². The van der Waals surface area contributed by atoms with Crippen LogP contribution in [0, 0.1) is 5.92 Å². The van der Waals surface area contributed by atoms with Crippen molar-refractivity contribution in [1.29, 1.82) is 0 Å². The zero-order chi connectivity index (χ0) is 16.6. The number of anilines is 1. The average Bonchev–Trinajstić information content (AvgIpc) is 2.89. The van der Waals surface area contributed by atoms with Crippen LogP contribution in [0.2, 0.25) is 0 Å². The normalized spacial score (nSPS) is 20.6. The molecule has 0 unspecified atom stereocenters. The Morgan fingerprint density at radius 1 is 1.22 bits per heavy atom. The van der Waals surface area contributed by atoms with Gasteiger partial charge in [0.25, 0.3) is 0 Å². The number of carbonyl (C=O) groups excluding carboxylic acids is 2. The van der Waals surface area contributed by atoms with Crippen molar-refractivity contribution in [3.8, 4) is 11.5 Å². The fraction of sp³-hybridized carbons (Fsp3) is 0.529. The third-order valence-corrected chi connectivity index (χ3v) is 4.12. The van der Waals surface area contributed by atoms with E-state index in [0.29, 0.717) is 36.9 Å². The topological polar surface area (TPSA) is 67.9 Å². The summed E-state index contributed by atoms with van der Waals surface area (Å²) >= 11 is 0. The molecule has 6 nitrogen and oxygen atoms in total. The molecule has 2 aliphatic rings. The van der Waals surface area contributed by atoms with E-state index in [1.165, 1.54) is 0 Å². The van der Waals surface area contributed by atoms with Gasteiger partial charge in [0.15, 0.2) is 11.5 Å². The quantitative estimate of drug-likeness (QED) is 0.906. The van der Waals surface area contributed by atoms with Crippen LogP contribution in [0.25, 0.3) is 0 Å². The van der Waals surface area contributed by atoms with E-state index >= 15 is 0 Å². The number of likely N-dealkylation sites (tertiary alicyclic amines) is 1. The number of ether oxygens (including phenoxy) is 2. The Morgan fingerprint density at radius 3 is 2.57 bits per heavy atom. The molecule has 23 heavy (non-hydrogen) atoms. The number of amides is 2. The summed E-state index contributed by atoms with van der Waals surface area (Å²) in [5, 5.41) is 2.87. The Labute approximate surface area is 135 Å². The van der Waals surface area contributed by atoms with Gasteiger partial charge in [-0.1, -0.05) is 0 Å².